The second-order valence-corrected chi connectivity index (χ2v) is 13.0. The molecular weight excluding hydrogens is 607 g/mol. The van der Waals surface area contributed by atoms with Gasteiger partial charge in [0.25, 0.3) is 0 Å². The van der Waals surface area contributed by atoms with E-state index >= 15 is 0 Å². The van der Waals surface area contributed by atoms with Gasteiger partial charge in [-0.25, -0.2) is 9.48 Å². The number of nitrogens with one attached hydrogen (secondary N) is 3. The van der Waals surface area contributed by atoms with Gasteiger partial charge >= 0.3 is 12.4 Å². The number of piperidine rings is 1. The summed E-state index contributed by atoms with van der Waals surface area (Å²) in [6, 6.07) is 21.7. The zero-order chi connectivity index (χ0) is 33.8. The molecule has 248 valence electrons. The van der Waals surface area contributed by atoms with Crippen LogP contribution in [0.4, 0.5) is 29.5 Å². The van der Waals surface area contributed by atoms with E-state index in [1.807, 2.05) is 61.5 Å². The standard InChI is InChI=1S/C36H40F3N5O3/c1-23-9-13-26(14-10-23)44-33(22-32(43-44)35(2,3)4)42-34(46)41-30-8-6-5-7-28(30)29(24-17-19-40-20-18-24)21-31(45)25-11-15-27(16-12-25)47-36(37,38)39/h5-16,22,24,29,40H,17-21H2,1-4H3,(H2,41,42,46). The molecule has 0 spiro atoms. The number of halogens is 3. The quantitative estimate of drug-likeness (QED) is 0.159. The van der Waals surface area contributed by atoms with E-state index < -0.39 is 12.4 Å². The number of ether oxygens (including phenoxy) is 1. The maximum absolute atomic E-state index is 13.6. The van der Waals surface area contributed by atoms with E-state index in [4.69, 9.17) is 5.10 Å². The number of aromatic nitrogens is 2. The van der Waals surface area contributed by atoms with Crippen molar-refractivity contribution in [2.24, 2.45) is 5.92 Å². The minimum absolute atomic E-state index is 0.125. The minimum Gasteiger partial charge on any atom is -0.406 e. The topological polar surface area (TPSA) is 97.3 Å². The summed E-state index contributed by atoms with van der Waals surface area (Å²) in [5.41, 5.74) is 4.17. The Morgan fingerprint density at radius 1 is 0.957 bits per heavy atom. The van der Waals surface area contributed by atoms with Crippen molar-refractivity contribution < 1.29 is 27.5 Å². The van der Waals surface area contributed by atoms with E-state index in [2.05, 4.69) is 41.5 Å². The summed E-state index contributed by atoms with van der Waals surface area (Å²) in [7, 11) is 0. The number of benzene rings is 3. The summed E-state index contributed by atoms with van der Waals surface area (Å²) in [4.78, 5) is 27.1. The molecule has 1 aromatic heterocycles. The first-order valence-electron chi connectivity index (χ1n) is 15.7. The lowest BCUT2D eigenvalue weighted by Gasteiger charge is -2.32. The Hall–Kier alpha value is -4.64. The highest BCUT2D eigenvalue weighted by molar-refractivity contribution is 6.00. The lowest BCUT2D eigenvalue weighted by molar-refractivity contribution is -0.274. The number of hydrogen-bond donors (Lipinski definition) is 3. The molecule has 0 bridgehead atoms. The Morgan fingerprint density at radius 2 is 1.62 bits per heavy atom. The fourth-order valence-corrected chi connectivity index (χ4v) is 5.86. The number of amides is 2. The Balaban J connectivity index is 1.39. The number of rotatable bonds is 9. The van der Waals surface area contributed by atoms with Crippen LogP contribution in [0.25, 0.3) is 5.69 Å². The second-order valence-electron chi connectivity index (χ2n) is 13.0. The van der Waals surface area contributed by atoms with Gasteiger partial charge in [0, 0.05) is 29.2 Å². The highest BCUT2D eigenvalue weighted by Gasteiger charge is 2.32. The van der Waals surface area contributed by atoms with Gasteiger partial charge < -0.3 is 15.4 Å². The molecule has 4 aromatic rings. The number of urea groups is 1. The van der Waals surface area contributed by atoms with E-state index in [1.165, 1.54) is 12.1 Å². The highest BCUT2D eigenvalue weighted by atomic mass is 19.4. The van der Waals surface area contributed by atoms with Crippen molar-refractivity contribution in [2.45, 2.75) is 64.7 Å². The number of hydrogen-bond acceptors (Lipinski definition) is 5. The van der Waals surface area contributed by atoms with Gasteiger partial charge in [0.1, 0.15) is 11.6 Å². The monoisotopic (exact) mass is 647 g/mol. The second kappa shape index (κ2) is 14.0. The molecule has 0 aliphatic carbocycles. The van der Waals surface area contributed by atoms with Crippen LogP contribution in [0.15, 0.2) is 78.9 Å². The molecule has 0 radical (unpaired) electrons. The number of nitrogens with zero attached hydrogens (tertiary/aromatic N) is 2. The predicted molar refractivity (Wildman–Crippen MR) is 176 cm³/mol. The summed E-state index contributed by atoms with van der Waals surface area (Å²) >= 11 is 0. The third-order valence-electron chi connectivity index (χ3n) is 8.37. The van der Waals surface area contributed by atoms with Crippen LogP contribution in [0, 0.1) is 12.8 Å². The molecule has 0 saturated carbocycles. The van der Waals surface area contributed by atoms with Crippen molar-refractivity contribution in [2.75, 3.05) is 23.7 Å². The average molecular weight is 648 g/mol. The van der Waals surface area contributed by atoms with Crippen LogP contribution in [-0.4, -0.2) is 41.0 Å². The predicted octanol–water partition coefficient (Wildman–Crippen LogP) is 8.38. The molecule has 1 aliphatic rings. The van der Waals surface area contributed by atoms with Crippen molar-refractivity contribution >= 4 is 23.3 Å². The Kier molecular flexibility index (Phi) is 10.0. The van der Waals surface area contributed by atoms with Gasteiger partial charge in [-0.2, -0.15) is 5.10 Å². The third-order valence-corrected chi connectivity index (χ3v) is 8.37. The van der Waals surface area contributed by atoms with Gasteiger partial charge in [0.05, 0.1) is 11.4 Å². The van der Waals surface area contributed by atoms with Crippen LogP contribution in [0.2, 0.25) is 0 Å². The van der Waals surface area contributed by atoms with Gasteiger partial charge in [0.2, 0.25) is 0 Å². The summed E-state index contributed by atoms with van der Waals surface area (Å²) in [5, 5.41) is 14.2. The van der Waals surface area contributed by atoms with Gasteiger partial charge in [-0.15, -0.1) is 13.2 Å². The number of para-hydroxylation sites is 1. The van der Waals surface area contributed by atoms with E-state index in [0.29, 0.717) is 17.1 Å². The molecule has 2 heterocycles. The highest BCUT2D eigenvalue weighted by Crippen LogP contribution is 2.39. The zero-order valence-corrected chi connectivity index (χ0v) is 26.9. The number of ketones is 1. The number of alkyl halides is 3. The summed E-state index contributed by atoms with van der Waals surface area (Å²) in [6.45, 7) is 9.78. The smallest absolute Gasteiger partial charge is 0.406 e. The molecule has 47 heavy (non-hydrogen) atoms. The Bertz CT molecular complexity index is 1690. The van der Waals surface area contributed by atoms with Gasteiger partial charge in [-0.05, 0) is 92.7 Å². The number of aryl methyl sites for hydroxylation is 1. The summed E-state index contributed by atoms with van der Waals surface area (Å²) < 4.78 is 43.6. The fraction of sp³-hybridized carbons (Fsp3) is 0.361. The van der Waals surface area contributed by atoms with Crippen LogP contribution >= 0.6 is 0 Å². The zero-order valence-electron chi connectivity index (χ0n) is 26.9. The van der Waals surface area contributed by atoms with Crippen LogP contribution in [-0.2, 0) is 5.41 Å². The van der Waals surface area contributed by atoms with Crippen molar-refractivity contribution in [3.8, 4) is 11.4 Å². The SMILES string of the molecule is Cc1ccc(-n2nc(C(C)(C)C)cc2NC(=O)Nc2ccccc2C(CC(=O)c2ccc(OC(F)(F)F)cc2)C2CCNCC2)cc1. The van der Waals surface area contributed by atoms with Gasteiger partial charge in [-0.1, -0.05) is 56.7 Å². The molecule has 5 rings (SSSR count). The average Bonchev–Trinajstić information content (AvgIpc) is 3.45. The lowest BCUT2D eigenvalue weighted by Crippen LogP contribution is -2.32. The number of carbonyl (C=O) groups is 2. The molecule has 11 heteroatoms. The Morgan fingerprint density at radius 3 is 2.26 bits per heavy atom. The van der Waals surface area contributed by atoms with Crippen LogP contribution in [0.1, 0.15) is 73.1 Å². The third kappa shape index (κ3) is 8.79. The molecule has 3 N–H and O–H groups in total. The van der Waals surface area contributed by atoms with E-state index in [0.717, 1.165) is 60.6 Å². The summed E-state index contributed by atoms with van der Waals surface area (Å²) in [5.74, 6) is -0.170. The van der Waals surface area contributed by atoms with Crippen LogP contribution < -0.4 is 20.7 Å². The van der Waals surface area contributed by atoms with Crippen molar-refractivity contribution in [3.05, 3.63) is 101 Å². The summed E-state index contributed by atoms with van der Waals surface area (Å²) in [6.07, 6.45) is -3.02. The molecular formula is C36H40F3N5O3. The molecule has 2 amide bonds. The largest absolute Gasteiger partial charge is 0.573 e. The maximum atomic E-state index is 13.6. The molecule has 3 aromatic carbocycles. The number of anilines is 2. The molecule has 1 unspecified atom stereocenters. The molecule has 1 saturated heterocycles. The first kappa shape index (κ1) is 33.7. The van der Waals surface area contributed by atoms with E-state index in [9.17, 15) is 22.8 Å². The molecule has 1 aliphatic heterocycles. The van der Waals surface area contributed by atoms with Crippen LogP contribution in [0.3, 0.4) is 0 Å². The van der Waals surface area contributed by atoms with Crippen molar-refractivity contribution in [3.63, 3.8) is 0 Å². The van der Waals surface area contributed by atoms with E-state index in [-0.39, 0.29) is 35.2 Å². The lowest BCUT2D eigenvalue weighted by atomic mass is 9.76. The van der Waals surface area contributed by atoms with Gasteiger partial charge in [-0.3, -0.25) is 10.1 Å². The Labute approximate surface area is 272 Å². The first-order valence-corrected chi connectivity index (χ1v) is 15.7. The molecule has 1 fully saturated rings. The maximum Gasteiger partial charge on any atom is 0.573 e. The fourth-order valence-electron chi connectivity index (χ4n) is 5.86. The molecule has 1 atom stereocenters. The number of Topliss-reactive ketones (excluding diaryl/α,β-unsaturated/α-hetero) is 1. The normalized spacial score (nSPS) is 14.8. The minimum atomic E-state index is -4.82. The van der Waals surface area contributed by atoms with Crippen LogP contribution in [0.5, 0.6) is 5.75 Å². The first-order chi connectivity index (χ1) is 22.3. The number of carbonyl (C=O) groups excluding carboxylic acids is 2. The van der Waals surface area contributed by atoms with Crippen molar-refractivity contribution in [1.29, 1.82) is 0 Å². The molecule has 8 nitrogen and oxygen atoms in total. The van der Waals surface area contributed by atoms with E-state index in [1.54, 1.807) is 4.68 Å². The van der Waals surface area contributed by atoms with Gasteiger partial charge in [0.15, 0.2) is 5.78 Å². The van der Waals surface area contributed by atoms with Crippen molar-refractivity contribution in [1.82, 2.24) is 15.1 Å².